The summed E-state index contributed by atoms with van der Waals surface area (Å²) in [5.74, 6) is 0.317. The fourth-order valence-corrected chi connectivity index (χ4v) is 1.81. The second-order valence-corrected chi connectivity index (χ2v) is 4.57. The number of nitrogens with zero attached hydrogens (tertiary/aromatic N) is 1. The molecule has 3 heteroatoms. The largest absolute Gasteiger partial charge is 0.784 e. The molecule has 0 aliphatic carbocycles. The van der Waals surface area contributed by atoms with Crippen LogP contribution in [0.1, 0.15) is 34.1 Å². The SMILES string of the molecule is CC1(C)C=C(O)CC(C)(C)N1[O-]. The molecule has 0 saturated carbocycles. The molecule has 0 radical (unpaired) electrons. The predicted molar refractivity (Wildman–Crippen MR) is 48.7 cm³/mol. The van der Waals surface area contributed by atoms with E-state index >= 15 is 0 Å². The number of hydrogen-bond acceptors (Lipinski definition) is 3. The van der Waals surface area contributed by atoms with Crippen molar-refractivity contribution in [1.29, 1.82) is 0 Å². The van der Waals surface area contributed by atoms with Crippen LogP contribution in [0.4, 0.5) is 0 Å². The minimum atomic E-state index is -0.591. The van der Waals surface area contributed by atoms with Gasteiger partial charge in [-0.15, -0.1) is 0 Å². The van der Waals surface area contributed by atoms with Crippen LogP contribution in [0.5, 0.6) is 0 Å². The molecule has 0 saturated heterocycles. The molecule has 1 heterocycles. The Hall–Kier alpha value is -0.540. The van der Waals surface area contributed by atoms with Crippen molar-refractivity contribution in [2.24, 2.45) is 0 Å². The molecule has 0 aromatic carbocycles. The lowest BCUT2D eigenvalue weighted by molar-refractivity contribution is 0.0700. The summed E-state index contributed by atoms with van der Waals surface area (Å²) in [6.45, 7) is 7.28. The van der Waals surface area contributed by atoms with Crippen LogP contribution in [0.15, 0.2) is 11.8 Å². The quantitative estimate of drug-likeness (QED) is 0.606. The second-order valence-electron chi connectivity index (χ2n) is 4.57. The summed E-state index contributed by atoms with van der Waals surface area (Å²) in [5.41, 5.74) is -1.09. The molecule has 0 spiro atoms. The summed E-state index contributed by atoms with van der Waals surface area (Å²) in [6, 6.07) is 0. The van der Waals surface area contributed by atoms with Gasteiger partial charge in [-0.3, -0.25) is 0 Å². The van der Waals surface area contributed by atoms with Crippen LogP contribution < -0.4 is 0 Å². The molecule has 0 aromatic heterocycles. The van der Waals surface area contributed by atoms with Gasteiger partial charge >= 0.3 is 0 Å². The van der Waals surface area contributed by atoms with Crippen LogP contribution >= 0.6 is 0 Å². The molecule has 1 aliphatic heterocycles. The number of aliphatic hydroxyl groups excluding tert-OH is 1. The summed E-state index contributed by atoms with van der Waals surface area (Å²) < 4.78 is 0. The lowest BCUT2D eigenvalue weighted by Crippen LogP contribution is -2.54. The summed E-state index contributed by atoms with van der Waals surface area (Å²) in [4.78, 5) is 0. The van der Waals surface area contributed by atoms with Gasteiger partial charge in [0, 0.05) is 17.5 Å². The van der Waals surface area contributed by atoms with Crippen LogP contribution in [0.2, 0.25) is 0 Å². The van der Waals surface area contributed by atoms with E-state index in [1.54, 1.807) is 19.9 Å². The molecule has 1 aliphatic rings. The molecule has 0 amide bonds. The number of rotatable bonds is 0. The van der Waals surface area contributed by atoms with Gasteiger partial charge in [-0.05, 0) is 33.8 Å². The van der Waals surface area contributed by atoms with E-state index in [2.05, 4.69) is 0 Å². The van der Waals surface area contributed by atoms with E-state index in [1.165, 1.54) is 0 Å². The highest BCUT2D eigenvalue weighted by Crippen LogP contribution is 2.34. The van der Waals surface area contributed by atoms with Crippen molar-refractivity contribution in [2.75, 3.05) is 0 Å². The van der Waals surface area contributed by atoms with Crippen molar-refractivity contribution in [3.05, 3.63) is 17.0 Å². The van der Waals surface area contributed by atoms with Crippen LogP contribution in [-0.2, 0) is 0 Å². The number of hydrogen-bond donors (Lipinski definition) is 1. The van der Waals surface area contributed by atoms with Gasteiger partial charge in [-0.2, -0.15) is 0 Å². The van der Waals surface area contributed by atoms with Crippen LogP contribution in [0.3, 0.4) is 0 Å². The van der Waals surface area contributed by atoms with Gasteiger partial charge in [0.25, 0.3) is 0 Å². The fourth-order valence-electron chi connectivity index (χ4n) is 1.81. The molecule has 0 atom stereocenters. The standard InChI is InChI=1S/C9H16NO2/c1-8(2)5-7(11)6-9(3,4)10(8)12/h5,11H,6H2,1-4H3/q-1. The van der Waals surface area contributed by atoms with Gasteiger partial charge < -0.3 is 15.4 Å². The summed E-state index contributed by atoms with van der Waals surface area (Å²) >= 11 is 0. The van der Waals surface area contributed by atoms with Gasteiger partial charge in [-0.25, -0.2) is 0 Å². The fraction of sp³-hybridized carbons (Fsp3) is 0.778. The summed E-state index contributed by atoms with van der Waals surface area (Å²) in [6.07, 6.45) is 2.05. The van der Waals surface area contributed by atoms with Crippen molar-refractivity contribution in [3.8, 4) is 0 Å². The summed E-state index contributed by atoms with van der Waals surface area (Å²) in [5, 5.41) is 22.1. The minimum Gasteiger partial charge on any atom is -0.784 e. The van der Waals surface area contributed by atoms with Crippen molar-refractivity contribution in [3.63, 3.8) is 0 Å². The first-order valence-electron chi connectivity index (χ1n) is 4.14. The maximum atomic E-state index is 11.7. The highest BCUT2D eigenvalue weighted by molar-refractivity contribution is 5.17. The van der Waals surface area contributed by atoms with E-state index in [9.17, 15) is 10.3 Å². The molecule has 0 unspecified atom stereocenters. The van der Waals surface area contributed by atoms with Crippen molar-refractivity contribution < 1.29 is 5.11 Å². The average Bonchev–Trinajstić information content (AvgIpc) is 1.80. The Morgan fingerprint density at radius 1 is 1.42 bits per heavy atom. The Labute approximate surface area is 73.3 Å². The maximum Gasteiger partial charge on any atom is 0.0918 e. The first kappa shape index (κ1) is 9.55. The third kappa shape index (κ3) is 1.47. The average molecular weight is 170 g/mol. The van der Waals surface area contributed by atoms with E-state index in [-0.39, 0.29) is 0 Å². The molecule has 70 valence electrons. The first-order chi connectivity index (χ1) is 5.26. The third-order valence-electron chi connectivity index (χ3n) is 2.21. The Balaban J connectivity index is 3.02. The smallest absolute Gasteiger partial charge is 0.0918 e. The molecule has 0 bridgehead atoms. The van der Waals surface area contributed by atoms with Gasteiger partial charge in [-0.1, -0.05) is 0 Å². The Bertz CT molecular complexity index is 219. The van der Waals surface area contributed by atoms with Crippen LogP contribution in [0, 0.1) is 5.21 Å². The van der Waals surface area contributed by atoms with Gasteiger partial charge in [0.05, 0.1) is 5.76 Å². The van der Waals surface area contributed by atoms with E-state index in [1.807, 2.05) is 13.8 Å². The number of hydroxylamine groups is 2. The molecule has 0 aromatic rings. The monoisotopic (exact) mass is 170 g/mol. The van der Waals surface area contributed by atoms with Crippen molar-refractivity contribution in [2.45, 2.75) is 45.2 Å². The van der Waals surface area contributed by atoms with Gasteiger partial charge in [0.1, 0.15) is 0 Å². The van der Waals surface area contributed by atoms with E-state index in [0.29, 0.717) is 12.2 Å². The zero-order valence-electron chi connectivity index (χ0n) is 8.09. The topological polar surface area (TPSA) is 46.5 Å². The van der Waals surface area contributed by atoms with Crippen molar-refractivity contribution >= 4 is 0 Å². The summed E-state index contributed by atoms with van der Waals surface area (Å²) in [7, 11) is 0. The molecular formula is C9H16NO2-. The highest BCUT2D eigenvalue weighted by atomic mass is 16.5. The maximum absolute atomic E-state index is 11.7. The zero-order valence-corrected chi connectivity index (χ0v) is 8.09. The number of aliphatic hydroxyl groups is 1. The molecule has 3 nitrogen and oxygen atoms in total. The molecular weight excluding hydrogens is 154 g/mol. The molecule has 12 heavy (non-hydrogen) atoms. The second kappa shape index (κ2) is 2.47. The minimum absolute atomic E-state index is 0.317. The van der Waals surface area contributed by atoms with E-state index in [0.717, 1.165) is 5.06 Å². The Kier molecular flexibility index (Phi) is 1.97. The van der Waals surface area contributed by atoms with Gasteiger partial charge in [0.15, 0.2) is 0 Å². The Morgan fingerprint density at radius 3 is 2.33 bits per heavy atom. The molecule has 0 fully saturated rings. The zero-order chi connectivity index (χ0) is 9.57. The van der Waals surface area contributed by atoms with Gasteiger partial charge in [0.2, 0.25) is 0 Å². The Morgan fingerprint density at radius 2 is 1.92 bits per heavy atom. The van der Waals surface area contributed by atoms with E-state index < -0.39 is 11.1 Å². The predicted octanol–water partition coefficient (Wildman–Crippen LogP) is 2.19. The molecule has 1 rings (SSSR count). The van der Waals surface area contributed by atoms with Crippen LogP contribution in [0.25, 0.3) is 0 Å². The normalized spacial score (nSPS) is 28.2. The van der Waals surface area contributed by atoms with Crippen molar-refractivity contribution in [1.82, 2.24) is 5.06 Å². The van der Waals surface area contributed by atoms with E-state index in [4.69, 9.17) is 0 Å². The lowest BCUT2D eigenvalue weighted by Gasteiger charge is -2.55. The lowest BCUT2D eigenvalue weighted by atomic mass is 9.87. The van der Waals surface area contributed by atoms with Crippen LogP contribution in [-0.4, -0.2) is 21.2 Å². The third-order valence-corrected chi connectivity index (χ3v) is 2.21. The first-order valence-corrected chi connectivity index (χ1v) is 4.14. The molecule has 1 N–H and O–H groups in total. The highest BCUT2D eigenvalue weighted by Gasteiger charge is 2.34.